The molecule has 4 rings (SSSR count). The number of fused-ring (bicyclic) bond motifs is 5. The molecule has 3 saturated carbocycles. The van der Waals surface area contributed by atoms with Gasteiger partial charge in [0.15, 0.2) is 11.6 Å². The molecular formula is C22H32O3. The van der Waals surface area contributed by atoms with Crippen LogP contribution in [0.1, 0.15) is 76.7 Å². The van der Waals surface area contributed by atoms with Crippen LogP contribution in [-0.2, 0) is 9.59 Å². The Morgan fingerprint density at radius 1 is 1.24 bits per heavy atom. The molecule has 0 bridgehead atoms. The van der Waals surface area contributed by atoms with Gasteiger partial charge in [-0.2, -0.15) is 0 Å². The first kappa shape index (κ1) is 14.1. The molecule has 7 atom stereocenters. The van der Waals surface area contributed by atoms with E-state index in [1.165, 1.54) is 6.92 Å². The first-order valence-electron chi connectivity index (χ1n) is 11.3. The lowest BCUT2D eigenvalue weighted by Gasteiger charge is -2.60. The van der Waals surface area contributed by atoms with Crippen LogP contribution in [0, 0.1) is 34.5 Å². The highest BCUT2D eigenvalue weighted by Gasteiger charge is 2.66. The summed E-state index contributed by atoms with van der Waals surface area (Å²) in [5.74, 6) is -0.0649. The fraction of sp³-hybridized carbons (Fsp3) is 0.818. The Balaban J connectivity index is 1.79. The lowest BCUT2D eigenvalue weighted by Crippen LogP contribution is -2.57. The largest absolute Gasteiger partial charge is 0.382 e. The maximum atomic E-state index is 12.4. The summed E-state index contributed by atoms with van der Waals surface area (Å²) in [6, 6.07) is 0. The Kier molecular flexibility index (Phi) is 2.99. The van der Waals surface area contributed by atoms with Crippen molar-refractivity contribution in [1.29, 1.82) is 0 Å². The highest BCUT2D eigenvalue weighted by molar-refractivity contribution is 5.91. The minimum absolute atomic E-state index is 0.0487. The molecule has 0 unspecified atom stereocenters. The number of aliphatic hydroxyl groups is 1. The molecule has 25 heavy (non-hydrogen) atoms. The summed E-state index contributed by atoms with van der Waals surface area (Å²) < 4.78 is 24.5. The third-order valence-electron chi connectivity index (χ3n) is 8.74. The number of allylic oxidation sites excluding steroid dienone is 1. The van der Waals surface area contributed by atoms with Gasteiger partial charge >= 0.3 is 0 Å². The number of hydrogen-bond donors (Lipinski definition) is 1. The first-order valence-corrected chi connectivity index (χ1v) is 9.83. The molecule has 0 spiro atoms. The molecule has 138 valence electrons. The highest BCUT2D eigenvalue weighted by Crippen LogP contribution is 2.68. The number of carbonyl (C=O) groups excluding carboxylic acids is 2. The minimum atomic E-state index is -2.14. The topological polar surface area (TPSA) is 54.4 Å². The molecule has 3 heteroatoms. The predicted octanol–water partition coefficient (Wildman–Crippen LogP) is 4.08. The molecular weight excluding hydrogens is 312 g/mol. The van der Waals surface area contributed by atoms with Gasteiger partial charge in [-0.25, -0.2) is 0 Å². The molecule has 0 amide bonds. The van der Waals surface area contributed by atoms with Crippen molar-refractivity contribution in [3.63, 3.8) is 0 Å². The van der Waals surface area contributed by atoms with Crippen LogP contribution in [0.4, 0.5) is 0 Å². The number of ketones is 2. The van der Waals surface area contributed by atoms with Crippen molar-refractivity contribution < 1.29 is 18.8 Å². The molecule has 0 heterocycles. The van der Waals surface area contributed by atoms with E-state index in [2.05, 4.69) is 6.92 Å². The van der Waals surface area contributed by atoms with Gasteiger partial charge in [0, 0.05) is 15.9 Å². The van der Waals surface area contributed by atoms with E-state index >= 15 is 0 Å². The predicted molar refractivity (Wildman–Crippen MR) is 96.9 cm³/mol. The summed E-state index contributed by atoms with van der Waals surface area (Å²) >= 11 is 0. The summed E-state index contributed by atoms with van der Waals surface area (Å²) in [4.78, 5) is 24.5. The van der Waals surface area contributed by atoms with E-state index in [0.717, 1.165) is 24.8 Å². The number of carbonyl (C=O) groups is 2. The fourth-order valence-electron chi connectivity index (χ4n) is 7.24. The Morgan fingerprint density at radius 2 is 1.96 bits per heavy atom. The van der Waals surface area contributed by atoms with Crippen molar-refractivity contribution in [3.8, 4) is 0 Å². The van der Waals surface area contributed by atoms with E-state index < -0.39 is 23.8 Å². The third-order valence-corrected chi connectivity index (χ3v) is 8.74. The monoisotopic (exact) mass is 347 g/mol. The Bertz CT molecular complexity index is 757. The van der Waals surface area contributed by atoms with Crippen LogP contribution < -0.4 is 0 Å². The molecule has 4 aliphatic rings. The van der Waals surface area contributed by atoms with Crippen LogP contribution in [0.2, 0.25) is 0 Å². The fourth-order valence-corrected chi connectivity index (χ4v) is 7.24. The van der Waals surface area contributed by atoms with Gasteiger partial charge < -0.3 is 5.11 Å². The second-order valence-electron chi connectivity index (χ2n) is 9.56. The second-order valence-corrected chi connectivity index (χ2v) is 9.56. The highest BCUT2D eigenvalue weighted by atomic mass is 16.3. The third kappa shape index (κ3) is 2.08. The van der Waals surface area contributed by atoms with Gasteiger partial charge in [0.2, 0.25) is 0 Å². The van der Waals surface area contributed by atoms with Crippen LogP contribution in [0.15, 0.2) is 11.6 Å². The van der Waals surface area contributed by atoms with E-state index in [0.29, 0.717) is 31.6 Å². The van der Waals surface area contributed by atoms with Gasteiger partial charge in [0.25, 0.3) is 0 Å². The van der Waals surface area contributed by atoms with Crippen molar-refractivity contribution in [2.75, 3.05) is 0 Å². The average molecular weight is 348 g/mol. The van der Waals surface area contributed by atoms with E-state index in [-0.39, 0.29) is 28.8 Å². The zero-order valence-corrected chi connectivity index (χ0v) is 15.6. The summed E-state index contributed by atoms with van der Waals surface area (Å²) in [6.07, 6.45) is 6.28. The van der Waals surface area contributed by atoms with Crippen LogP contribution >= 0.6 is 0 Å². The molecule has 3 nitrogen and oxygen atoms in total. The zero-order chi connectivity index (χ0) is 20.7. The summed E-state index contributed by atoms with van der Waals surface area (Å²) in [5, 5.41) is 11.3. The molecule has 4 aliphatic carbocycles. The summed E-state index contributed by atoms with van der Waals surface area (Å²) in [7, 11) is 0. The van der Waals surface area contributed by atoms with Crippen LogP contribution in [0.25, 0.3) is 0 Å². The molecule has 0 saturated heterocycles. The maximum absolute atomic E-state index is 12.4. The van der Waals surface area contributed by atoms with E-state index in [1.54, 1.807) is 6.08 Å². The summed E-state index contributed by atoms with van der Waals surface area (Å²) in [6.45, 7) is 3.56. The second kappa shape index (κ2) is 5.28. The Morgan fingerprint density at radius 3 is 2.64 bits per heavy atom. The zero-order valence-electron chi connectivity index (χ0n) is 18.6. The standard InChI is InChI=1S/C22H32O3/c1-13-11-16-17(20(3)8-5-15(24)12-19(13)20)6-9-21(4)18(16)7-10-22(21,25)14(2)23/h12-13,16-18,25H,5-11H2,1-4H3/t13-,16+,17-,18-,20+,21-,22-/m0/s1/i1D3. The molecule has 1 N–H and O–H groups in total. The SMILES string of the molecule is [2H]C([2H])([2H])[C@H]1C[C@@H]2[C@H](CC[C@@]3(C)[C@H]2CC[C@]3(O)C(C)=O)[C@@]2(C)CCC(=O)C=C12. The van der Waals surface area contributed by atoms with Crippen molar-refractivity contribution in [2.24, 2.45) is 34.5 Å². The molecule has 0 aromatic carbocycles. The number of Topliss-reactive ketones (excluding diaryl/α,β-unsaturated/α-hetero) is 1. The van der Waals surface area contributed by atoms with Crippen molar-refractivity contribution in [1.82, 2.24) is 0 Å². The molecule has 0 aromatic rings. The summed E-state index contributed by atoms with van der Waals surface area (Å²) in [5.41, 5.74) is -1.21. The van der Waals surface area contributed by atoms with E-state index in [1.807, 2.05) is 6.92 Å². The van der Waals surface area contributed by atoms with Crippen LogP contribution in [-0.4, -0.2) is 22.3 Å². The van der Waals surface area contributed by atoms with E-state index in [4.69, 9.17) is 4.11 Å². The molecule has 0 aromatic heterocycles. The van der Waals surface area contributed by atoms with Gasteiger partial charge in [-0.3, -0.25) is 9.59 Å². The Hall–Kier alpha value is -0.960. The molecule has 0 radical (unpaired) electrons. The minimum Gasteiger partial charge on any atom is -0.382 e. The van der Waals surface area contributed by atoms with Crippen LogP contribution in [0.5, 0.6) is 0 Å². The molecule has 3 fully saturated rings. The first-order chi connectivity index (χ1) is 12.8. The van der Waals surface area contributed by atoms with Gasteiger partial charge in [-0.15, -0.1) is 0 Å². The lowest BCUT2D eigenvalue weighted by atomic mass is 9.45. The van der Waals surface area contributed by atoms with Gasteiger partial charge in [-0.05, 0) is 80.6 Å². The van der Waals surface area contributed by atoms with E-state index in [9.17, 15) is 14.7 Å². The van der Waals surface area contributed by atoms with Crippen LogP contribution in [0.3, 0.4) is 0 Å². The van der Waals surface area contributed by atoms with Gasteiger partial charge in [0.1, 0.15) is 5.60 Å². The van der Waals surface area contributed by atoms with Crippen molar-refractivity contribution in [3.05, 3.63) is 11.6 Å². The number of hydrogen-bond acceptors (Lipinski definition) is 3. The smallest absolute Gasteiger partial charge is 0.161 e. The Labute approximate surface area is 155 Å². The quantitative estimate of drug-likeness (QED) is 0.777. The van der Waals surface area contributed by atoms with Gasteiger partial charge in [0.05, 0.1) is 0 Å². The van der Waals surface area contributed by atoms with Crippen molar-refractivity contribution in [2.45, 2.75) is 78.2 Å². The van der Waals surface area contributed by atoms with Gasteiger partial charge in [-0.1, -0.05) is 26.3 Å². The maximum Gasteiger partial charge on any atom is 0.161 e. The van der Waals surface area contributed by atoms with Crippen molar-refractivity contribution >= 4 is 11.6 Å². The molecule has 0 aliphatic heterocycles. The normalized spacial score (nSPS) is 54.3. The average Bonchev–Trinajstić information content (AvgIpc) is 2.87. The lowest BCUT2D eigenvalue weighted by molar-refractivity contribution is -0.161. The number of rotatable bonds is 1.